The maximum atomic E-state index is 13.0. The smallest absolute Gasteiger partial charge is 0.227 e. The van der Waals surface area contributed by atoms with Crippen LogP contribution in [-0.4, -0.2) is 45.4 Å². The molecule has 0 radical (unpaired) electrons. The van der Waals surface area contributed by atoms with E-state index < -0.39 is 0 Å². The summed E-state index contributed by atoms with van der Waals surface area (Å²) in [6.07, 6.45) is 2.37. The zero-order chi connectivity index (χ0) is 17.8. The molecule has 1 aromatic heterocycles. The molecule has 2 N–H and O–H groups in total. The molecule has 2 aromatic rings. The number of H-pyrrole nitrogens is 1. The van der Waals surface area contributed by atoms with E-state index in [0.717, 1.165) is 42.0 Å². The predicted octanol–water partition coefficient (Wildman–Crippen LogP) is 2.48. The lowest BCUT2D eigenvalue weighted by molar-refractivity contribution is -0.132. The molecule has 1 amide bonds. The molecule has 1 aromatic carbocycles. The van der Waals surface area contributed by atoms with Crippen LogP contribution in [0.15, 0.2) is 24.3 Å². The van der Waals surface area contributed by atoms with Gasteiger partial charge in [0.15, 0.2) is 0 Å². The van der Waals surface area contributed by atoms with Crippen molar-refractivity contribution in [1.82, 2.24) is 15.1 Å². The van der Waals surface area contributed by atoms with Gasteiger partial charge in [-0.25, -0.2) is 0 Å². The summed E-state index contributed by atoms with van der Waals surface area (Å²) in [6, 6.07) is 7.14. The summed E-state index contributed by atoms with van der Waals surface area (Å²) < 4.78 is 5.71. The van der Waals surface area contributed by atoms with Gasteiger partial charge in [0.25, 0.3) is 0 Å². The molecule has 1 fully saturated rings. The largest absolute Gasteiger partial charge is 0.508 e. The number of rotatable bonds is 6. The topological polar surface area (TPSA) is 78.5 Å². The molecular weight excluding hydrogens is 318 g/mol. The second-order valence-electron chi connectivity index (χ2n) is 6.63. The molecule has 1 aliphatic heterocycles. The first-order valence-corrected chi connectivity index (χ1v) is 8.71. The summed E-state index contributed by atoms with van der Waals surface area (Å²) in [5.41, 5.74) is 3.46. The van der Waals surface area contributed by atoms with E-state index in [1.54, 1.807) is 17.0 Å². The van der Waals surface area contributed by atoms with E-state index in [2.05, 4.69) is 10.2 Å². The Hall–Kier alpha value is -2.34. The third-order valence-corrected chi connectivity index (χ3v) is 4.76. The summed E-state index contributed by atoms with van der Waals surface area (Å²) in [4.78, 5) is 14.8. The van der Waals surface area contributed by atoms with Gasteiger partial charge < -0.3 is 14.7 Å². The molecule has 3 rings (SSSR count). The lowest BCUT2D eigenvalue weighted by Gasteiger charge is -2.26. The molecule has 1 atom stereocenters. The number of ether oxygens (including phenoxy) is 1. The third kappa shape index (κ3) is 4.20. The number of hydrogen-bond acceptors (Lipinski definition) is 4. The Labute approximate surface area is 147 Å². The van der Waals surface area contributed by atoms with E-state index >= 15 is 0 Å². The number of carbonyl (C=O) groups is 1. The van der Waals surface area contributed by atoms with Gasteiger partial charge in [-0.15, -0.1) is 0 Å². The number of aromatic amines is 1. The maximum absolute atomic E-state index is 13.0. The fraction of sp³-hybridized carbons (Fsp3) is 0.474. The highest BCUT2D eigenvalue weighted by atomic mass is 16.5. The van der Waals surface area contributed by atoms with E-state index in [9.17, 15) is 9.90 Å². The summed E-state index contributed by atoms with van der Waals surface area (Å²) in [6.45, 7) is 5.50. The minimum atomic E-state index is 0.0198. The number of hydrogen-bond donors (Lipinski definition) is 2. The molecule has 0 unspecified atom stereocenters. The van der Waals surface area contributed by atoms with E-state index in [0.29, 0.717) is 19.5 Å². The van der Waals surface area contributed by atoms with Crippen LogP contribution >= 0.6 is 0 Å². The van der Waals surface area contributed by atoms with Crippen molar-refractivity contribution in [1.29, 1.82) is 0 Å². The Balaban J connectivity index is 1.77. The highest BCUT2D eigenvalue weighted by Gasteiger charge is 2.24. The summed E-state index contributed by atoms with van der Waals surface area (Å²) >= 11 is 0. The average molecular weight is 343 g/mol. The number of phenols is 1. The van der Waals surface area contributed by atoms with Crippen LogP contribution in [0, 0.1) is 13.8 Å². The van der Waals surface area contributed by atoms with E-state index in [-0.39, 0.29) is 17.8 Å². The minimum Gasteiger partial charge on any atom is -0.508 e. The van der Waals surface area contributed by atoms with Gasteiger partial charge in [-0.2, -0.15) is 5.10 Å². The Bertz CT molecular complexity index is 716. The van der Waals surface area contributed by atoms with Gasteiger partial charge >= 0.3 is 0 Å². The first kappa shape index (κ1) is 17.5. The van der Waals surface area contributed by atoms with E-state index in [1.807, 2.05) is 26.0 Å². The Morgan fingerprint density at radius 2 is 2.20 bits per heavy atom. The number of amides is 1. The molecule has 0 aliphatic carbocycles. The number of nitrogens with one attached hydrogen (secondary N) is 1. The fourth-order valence-corrected chi connectivity index (χ4v) is 3.24. The molecule has 6 nitrogen and oxygen atoms in total. The van der Waals surface area contributed by atoms with Crippen molar-refractivity contribution >= 4 is 5.91 Å². The van der Waals surface area contributed by atoms with Crippen molar-refractivity contribution in [2.75, 3.05) is 13.2 Å². The number of carbonyl (C=O) groups excluding carboxylic acids is 1. The lowest BCUT2D eigenvalue weighted by atomic mass is 10.1. The van der Waals surface area contributed by atoms with Crippen molar-refractivity contribution in [3.8, 4) is 5.75 Å². The van der Waals surface area contributed by atoms with Crippen LogP contribution in [0.2, 0.25) is 0 Å². The van der Waals surface area contributed by atoms with Gasteiger partial charge in [-0.3, -0.25) is 9.89 Å². The van der Waals surface area contributed by atoms with Gasteiger partial charge in [-0.05, 0) is 32.8 Å². The number of aromatic hydroxyl groups is 1. The van der Waals surface area contributed by atoms with Crippen LogP contribution in [0.1, 0.15) is 35.4 Å². The van der Waals surface area contributed by atoms with Crippen molar-refractivity contribution in [3.05, 3.63) is 46.8 Å². The third-order valence-electron chi connectivity index (χ3n) is 4.76. The molecule has 2 heterocycles. The standard InChI is InChI=1S/C19H25N3O3/c1-13-17(14(2)21-20-13)10-19(24)22(12-16-7-5-9-25-16)11-15-6-3-4-8-18(15)23/h3-4,6,8,16,23H,5,7,9-12H2,1-2H3,(H,20,21)/t16-/m0/s1. The Kier molecular flexibility index (Phi) is 5.38. The Morgan fingerprint density at radius 3 is 2.84 bits per heavy atom. The lowest BCUT2D eigenvalue weighted by Crippen LogP contribution is -2.38. The molecule has 0 bridgehead atoms. The van der Waals surface area contributed by atoms with Gasteiger partial charge in [-0.1, -0.05) is 18.2 Å². The number of aromatic nitrogens is 2. The average Bonchev–Trinajstić information content (AvgIpc) is 3.21. The molecule has 25 heavy (non-hydrogen) atoms. The second-order valence-corrected chi connectivity index (χ2v) is 6.63. The number of para-hydroxylation sites is 1. The predicted molar refractivity (Wildman–Crippen MR) is 94.3 cm³/mol. The zero-order valence-corrected chi connectivity index (χ0v) is 14.8. The number of aryl methyl sites for hydroxylation is 2. The molecular formula is C19H25N3O3. The van der Waals surface area contributed by atoms with E-state index in [4.69, 9.17) is 4.74 Å². The SMILES string of the molecule is Cc1n[nH]c(C)c1CC(=O)N(Cc1ccccc1O)C[C@@H]1CCCO1. The number of phenolic OH excluding ortho intramolecular Hbond substituents is 1. The minimum absolute atomic E-state index is 0.0198. The second kappa shape index (κ2) is 7.70. The van der Waals surface area contributed by atoms with Crippen LogP contribution in [0.25, 0.3) is 0 Å². The monoisotopic (exact) mass is 343 g/mol. The molecule has 1 aliphatic rings. The van der Waals surface area contributed by atoms with Crippen LogP contribution in [-0.2, 0) is 22.5 Å². The molecule has 1 saturated heterocycles. The summed E-state index contributed by atoms with van der Waals surface area (Å²) in [5, 5.41) is 17.2. The van der Waals surface area contributed by atoms with Crippen LogP contribution in [0.3, 0.4) is 0 Å². The van der Waals surface area contributed by atoms with Gasteiger partial charge in [0.1, 0.15) is 5.75 Å². The van der Waals surface area contributed by atoms with Crippen molar-refractivity contribution in [2.24, 2.45) is 0 Å². The first-order valence-electron chi connectivity index (χ1n) is 8.71. The quantitative estimate of drug-likeness (QED) is 0.845. The molecule has 134 valence electrons. The van der Waals surface area contributed by atoms with Gasteiger partial charge in [0, 0.05) is 36.5 Å². The first-order chi connectivity index (χ1) is 12.0. The molecule has 0 spiro atoms. The summed E-state index contributed by atoms with van der Waals surface area (Å²) in [5.74, 6) is 0.231. The molecule has 0 saturated carbocycles. The van der Waals surface area contributed by atoms with Gasteiger partial charge in [0.05, 0.1) is 18.2 Å². The zero-order valence-electron chi connectivity index (χ0n) is 14.8. The van der Waals surface area contributed by atoms with Crippen molar-refractivity contribution in [3.63, 3.8) is 0 Å². The van der Waals surface area contributed by atoms with Crippen LogP contribution in [0.4, 0.5) is 0 Å². The maximum Gasteiger partial charge on any atom is 0.227 e. The van der Waals surface area contributed by atoms with Crippen LogP contribution in [0.5, 0.6) is 5.75 Å². The normalized spacial score (nSPS) is 17.0. The molecule has 6 heteroatoms. The number of benzene rings is 1. The summed E-state index contributed by atoms with van der Waals surface area (Å²) in [7, 11) is 0. The Morgan fingerprint density at radius 1 is 1.40 bits per heavy atom. The van der Waals surface area contributed by atoms with E-state index in [1.165, 1.54) is 0 Å². The van der Waals surface area contributed by atoms with Crippen LogP contribution < -0.4 is 0 Å². The van der Waals surface area contributed by atoms with Crippen molar-refractivity contribution < 1.29 is 14.6 Å². The van der Waals surface area contributed by atoms with Gasteiger partial charge in [0.2, 0.25) is 5.91 Å². The fourth-order valence-electron chi connectivity index (χ4n) is 3.24. The highest BCUT2D eigenvalue weighted by molar-refractivity contribution is 5.79. The van der Waals surface area contributed by atoms with Crippen molar-refractivity contribution in [2.45, 2.75) is 45.8 Å². The highest BCUT2D eigenvalue weighted by Crippen LogP contribution is 2.21. The number of nitrogens with zero attached hydrogens (tertiary/aromatic N) is 2.